The van der Waals surface area contributed by atoms with Crippen LogP contribution in [0.3, 0.4) is 0 Å². The number of thiophene rings is 1. The van der Waals surface area contributed by atoms with Gasteiger partial charge in [-0.25, -0.2) is 4.98 Å². The molecule has 132 valence electrons. The molecule has 26 heavy (non-hydrogen) atoms. The van der Waals surface area contributed by atoms with Gasteiger partial charge in [0, 0.05) is 10.4 Å². The average Bonchev–Trinajstić information content (AvgIpc) is 2.88. The summed E-state index contributed by atoms with van der Waals surface area (Å²) in [5, 5.41) is 9.97. The lowest BCUT2D eigenvalue weighted by Gasteiger charge is -2.08. The zero-order valence-electron chi connectivity index (χ0n) is 13.8. The Kier molecular flexibility index (Phi) is 4.82. The molecule has 0 saturated carbocycles. The minimum Gasteiger partial charge on any atom is -0.434 e. The van der Waals surface area contributed by atoms with E-state index in [4.69, 9.17) is 0 Å². The SMILES string of the molecule is Cc1sc2nc(C(C#N)=Cc3ccccc3OC(F)F)[nH]c(=O)c2c1C. The Morgan fingerprint density at radius 2 is 2.12 bits per heavy atom. The van der Waals surface area contributed by atoms with Crippen molar-refractivity contribution in [3.05, 3.63) is 56.4 Å². The number of halogens is 2. The third kappa shape index (κ3) is 3.34. The molecule has 0 atom stereocenters. The maximum Gasteiger partial charge on any atom is 0.387 e. The van der Waals surface area contributed by atoms with E-state index in [0.717, 1.165) is 10.4 Å². The molecule has 3 rings (SSSR count). The molecule has 1 N–H and O–H groups in total. The van der Waals surface area contributed by atoms with Crippen molar-refractivity contribution < 1.29 is 13.5 Å². The maximum atomic E-state index is 12.5. The molecular formula is C18H13F2N3O2S. The molecule has 0 aliphatic carbocycles. The Bertz CT molecular complexity index is 1110. The van der Waals surface area contributed by atoms with E-state index in [0.29, 0.717) is 10.2 Å². The van der Waals surface area contributed by atoms with Crippen LogP contribution in [0.5, 0.6) is 5.75 Å². The molecule has 0 saturated heterocycles. The van der Waals surface area contributed by atoms with Crippen molar-refractivity contribution in [2.24, 2.45) is 0 Å². The fraction of sp³-hybridized carbons (Fsp3) is 0.167. The summed E-state index contributed by atoms with van der Waals surface area (Å²) in [4.78, 5) is 20.8. The first-order valence-electron chi connectivity index (χ1n) is 7.56. The zero-order valence-corrected chi connectivity index (χ0v) is 14.7. The molecule has 0 bridgehead atoms. The number of benzene rings is 1. The van der Waals surface area contributed by atoms with Crippen LogP contribution in [0, 0.1) is 25.2 Å². The van der Waals surface area contributed by atoms with Crippen LogP contribution in [-0.4, -0.2) is 16.6 Å². The average molecular weight is 373 g/mol. The van der Waals surface area contributed by atoms with Crippen molar-refractivity contribution in [1.82, 2.24) is 9.97 Å². The number of allylic oxidation sites excluding steroid dienone is 1. The molecule has 5 nitrogen and oxygen atoms in total. The van der Waals surface area contributed by atoms with Gasteiger partial charge in [0.05, 0.1) is 11.0 Å². The van der Waals surface area contributed by atoms with E-state index in [2.05, 4.69) is 14.7 Å². The monoisotopic (exact) mass is 373 g/mol. The molecule has 0 aliphatic heterocycles. The normalized spacial score (nSPS) is 11.8. The molecule has 0 radical (unpaired) electrons. The number of rotatable bonds is 4. The van der Waals surface area contributed by atoms with Crippen molar-refractivity contribution in [3.8, 4) is 11.8 Å². The van der Waals surface area contributed by atoms with Crippen LogP contribution in [0.15, 0.2) is 29.1 Å². The Hall–Kier alpha value is -3.05. The van der Waals surface area contributed by atoms with Crippen LogP contribution in [-0.2, 0) is 0 Å². The lowest BCUT2D eigenvalue weighted by molar-refractivity contribution is -0.0499. The Morgan fingerprint density at radius 1 is 1.38 bits per heavy atom. The number of aromatic amines is 1. The van der Waals surface area contributed by atoms with Crippen LogP contribution >= 0.6 is 11.3 Å². The van der Waals surface area contributed by atoms with Crippen LogP contribution in [0.4, 0.5) is 8.78 Å². The van der Waals surface area contributed by atoms with E-state index < -0.39 is 6.61 Å². The smallest absolute Gasteiger partial charge is 0.387 e. The highest BCUT2D eigenvalue weighted by Crippen LogP contribution is 2.28. The first kappa shape index (κ1) is 17.8. The number of alkyl halides is 2. The Morgan fingerprint density at radius 3 is 2.81 bits per heavy atom. The van der Waals surface area contributed by atoms with Crippen LogP contribution in [0.1, 0.15) is 21.8 Å². The molecule has 8 heteroatoms. The van der Waals surface area contributed by atoms with Gasteiger partial charge in [0.25, 0.3) is 5.56 Å². The molecule has 2 aromatic heterocycles. The van der Waals surface area contributed by atoms with Gasteiger partial charge in [-0.3, -0.25) is 4.79 Å². The molecule has 0 unspecified atom stereocenters. The zero-order chi connectivity index (χ0) is 18.8. The second kappa shape index (κ2) is 7.06. The second-order valence-electron chi connectivity index (χ2n) is 5.46. The summed E-state index contributed by atoms with van der Waals surface area (Å²) >= 11 is 1.36. The maximum absolute atomic E-state index is 12.5. The number of hydrogen-bond acceptors (Lipinski definition) is 5. The number of fused-ring (bicyclic) bond motifs is 1. The van der Waals surface area contributed by atoms with Crippen molar-refractivity contribution in [1.29, 1.82) is 5.26 Å². The molecule has 0 aliphatic rings. The van der Waals surface area contributed by atoms with Crippen LogP contribution < -0.4 is 10.3 Å². The van der Waals surface area contributed by atoms with E-state index in [1.54, 1.807) is 12.1 Å². The van der Waals surface area contributed by atoms with E-state index in [9.17, 15) is 18.8 Å². The first-order chi connectivity index (χ1) is 12.4. The predicted molar refractivity (Wildman–Crippen MR) is 96.3 cm³/mol. The van der Waals surface area contributed by atoms with Gasteiger partial charge in [0.1, 0.15) is 16.6 Å². The fourth-order valence-corrected chi connectivity index (χ4v) is 3.52. The molecule has 0 fully saturated rings. The fourth-order valence-electron chi connectivity index (χ4n) is 2.49. The van der Waals surface area contributed by atoms with Gasteiger partial charge in [-0.15, -0.1) is 11.3 Å². The summed E-state index contributed by atoms with van der Waals surface area (Å²) in [6.07, 6.45) is 1.36. The van der Waals surface area contributed by atoms with Gasteiger partial charge in [-0.1, -0.05) is 18.2 Å². The number of nitriles is 1. The second-order valence-corrected chi connectivity index (χ2v) is 6.67. The van der Waals surface area contributed by atoms with Crippen molar-refractivity contribution >= 4 is 33.2 Å². The topological polar surface area (TPSA) is 78.8 Å². The van der Waals surface area contributed by atoms with Crippen molar-refractivity contribution in [3.63, 3.8) is 0 Å². The molecule has 1 aromatic carbocycles. The number of ether oxygens (including phenoxy) is 1. The van der Waals surface area contributed by atoms with E-state index in [-0.39, 0.29) is 28.3 Å². The number of aryl methyl sites for hydroxylation is 2. The van der Waals surface area contributed by atoms with Gasteiger partial charge in [0.2, 0.25) is 0 Å². The number of para-hydroxylation sites is 1. The molecule has 0 amide bonds. The lowest BCUT2D eigenvalue weighted by atomic mass is 10.1. The number of nitrogens with zero attached hydrogens (tertiary/aromatic N) is 2. The van der Waals surface area contributed by atoms with Crippen molar-refractivity contribution in [2.45, 2.75) is 20.5 Å². The molecule has 0 spiro atoms. The largest absolute Gasteiger partial charge is 0.434 e. The Labute approximate surface area is 151 Å². The van der Waals surface area contributed by atoms with E-state index >= 15 is 0 Å². The van der Waals surface area contributed by atoms with Gasteiger partial charge in [-0.2, -0.15) is 14.0 Å². The summed E-state index contributed by atoms with van der Waals surface area (Å²) in [6, 6.07) is 8.03. The van der Waals surface area contributed by atoms with Crippen LogP contribution in [0.25, 0.3) is 21.9 Å². The summed E-state index contributed by atoms with van der Waals surface area (Å²) in [7, 11) is 0. The third-order valence-electron chi connectivity index (χ3n) is 3.85. The summed E-state index contributed by atoms with van der Waals surface area (Å²) < 4.78 is 29.5. The summed E-state index contributed by atoms with van der Waals surface area (Å²) in [6.45, 7) is 0.741. The van der Waals surface area contributed by atoms with Gasteiger partial charge >= 0.3 is 6.61 Å². The highest BCUT2D eigenvalue weighted by atomic mass is 32.1. The van der Waals surface area contributed by atoms with Gasteiger partial charge in [0.15, 0.2) is 5.82 Å². The first-order valence-corrected chi connectivity index (χ1v) is 8.38. The minimum absolute atomic E-state index is 0.0398. The van der Waals surface area contributed by atoms with Crippen LogP contribution in [0.2, 0.25) is 0 Å². The quantitative estimate of drug-likeness (QED) is 0.693. The van der Waals surface area contributed by atoms with E-state index in [1.165, 1.54) is 29.5 Å². The molecule has 3 aromatic rings. The minimum atomic E-state index is -2.98. The number of aromatic nitrogens is 2. The standard InChI is InChI=1S/C18H13F2N3O2S/c1-9-10(2)26-17-14(9)16(24)22-15(23-17)12(8-21)7-11-5-3-4-6-13(11)25-18(19)20/h3-7,18H,1-2H3,(H,22,23,24). The highest BCUT2D eigenvalue weighted by Gasteiger charge is 2.15. The Balaban J connectivity index is 2.14. The van der Waals surface area contributed by atoms with Gasteiger partial charge in [-0.05, 0) is 31.6 Å². The number of H-pyrrole nitrogens is 1. The van der Waals surface area contributed by atoms with Gasteiger partial charge < -0.3 is 9.72 Å². The number of nitrogens with one attached hydrogen (secondary N) is 1. The third-order valence-corrected chi connectivity index (χ3v) is 4.95. The van der Waals surface area contributed by atoms with E-state index in [1.807, 2.05) is 19.9 Å². The lowest BCUT2D eigenvalue weighted by Crippen LogP contribution is -2.11. The molecule has 2 heterocycles. The van der Waals surface area contributed by atoms with Crippen molar-refractivity contribution in [2.75, 3.05) is 0 Å². The summed E-state index contributed by atoms with van der Waals surface area (Å²) in [5.41, 5.74) is 0.831. The predicted octanol–water partition coefficient (Wildman–Crippen LogP) is 4.27. The molecular weight excluding hydrogens is 360 g/mol. The number of hydrogen-bond donors (Lipinski definition) is 1. The highest BCUT2D eigenvalue weighted by molar-refractivity contribution is 7.18. The summed E-state index contributed by atoms with van der Waals surface area (Å²) in [5.74, 6) is 0.0135.